The molecule has 6 heteroatoms. The molecule has 6 nitrogen and oxygen atoms in total. The van der Waals surface area contributed by atoms with E-state index in [1.807, 2.05) is 61.5 Å². The van der Waals surface area contributed by atoms with Gasteiger partial charge in [0, 0.05) is 6.42 Å². The van der Waals surface area contributed by atoms with Crippen molar-refractivity contribution >= 4 is 17.6 Å². The average Bonchev–Trinajstić information content (AvgIpc) is 2.79. The summed E-state index contributed by atoms with van der Waals surface area (Å²) >= 11 is 0. The Labute approximate surface area is 183 Å². The monoisotopic (exact) mass is 423 g/mol. The minimum Gasteiger partial charge on any atom is -0.465 e. The first-order valence-corrected chi connectivity index (χ1v) is 10.5. The van der Waals surface area contributed by atoms with Gasteiger partial charge in [0.2, 0.25) is 0 Å². The summed E-state index contributed by atoms with van der Waals surface area (Å²) < 4.78 is 10.9. The topological polar surface area (TPSA) is 65.1 Å². The Balaban J connectivity index is 2.27. The zero-order chi connectivity index (χ0) is 22.4. The van der Waals surface area contributed by atoms with Crippen LogP contribution in [-0.2, 0) is 23.9 Å². The Morgan fingerprint density at radius 3 is 2.16 bits per heavy atom. The van der Waals surface area contributed by atoms with Crippen LogP contribution in [0.15, 0.2) is 67.3 Å². The molecule has 1 aliphatic rings. The first-order valence-electron chi connectivity index (χ1n) is 10.5. The Bertz CT molecular complexity index is 891. The third-order valence-electron chi connectivity index (χ3n) is 5.42. The van der Waals surface area contributed by atoms with E-state index in [9.17, 15) is 9.59 Å². The molecule has 0 aromatic heterocycles. The van der Waals surface area contributed by atoms with Crippen molar-refractivity contribution in [3.8, 4) is 0 Å². The predicted molar refractivity (Wildman–Crippen MR) is 118 cm³/mol. The summed E-state index contributed by atoms with van der Waals surface area (Å²) in [6.45, 7) is 9.56. The summed E-state index contributed by atoms with van der Waals surface area (Å²) in [5, 5.41) is 1.62. The number of hydrogen-bond donors (Lipinski definition) is 0. The molecular weight excluding hydrogens is 394 g/mol. The molecule has 0 bridgehead atoms. The van der Waals surface area contributed by atoms with Gasteiger partial charge in [-0.05, 0) is 38.5 Å². The lowest BCUT2D eigenvalue weighted by atomic mass is 9.71. The Morgan fingerprint density at radius 2 is 1.65 bits per heavy atom. The lowest BCUT2D eigenvalue weighted by Crippen LogP contribution is -2.58. The van der Waals surface area contributed by atoms with E-state index < -0.39 is 29.5 Å². The summed E-state index contributed by atoms with van der Waals surface area (Å²) in [6, 6.07) is 16.3. The number of nitrogens with zero attached hydrogens (tertiary/aromatic N) is 1. The second-order valence-electron chi connectivity index (χ2n) is 7.47. The number of rotatable bonds is 7. The number of carbonyl (C=O) groups excluding carboxylic acids is 2. The highest BCUT2D eigenvalue weighted by Crippen LogP contribution is 2.50. The van der Waals surface area contributed by atoms with E-state index in [2.05, 4.69) is 6.58 Å². The Kier molecular flexibility index (Phi) is 7.13. The number of carbonyl (C=O) groups is 2. The maximum absolute atomic E-state index is 13.5. The van der Waals surface area contributed by atoms with Crippen molar-refractivity contribution < 1.29 is 23.9 Å². The molecular formula is C25H29NO5. The van der Waals surface area contributed by atoms with Gasteiger partial charge in [-0.1, -0.05) is 54.1 Å². The van der Waals surface area contributed by atoms with Gasteiger partial charge in [-0.3, -0.25) is 14.4 Å². The van der Waals surface area contributed by atoms with Gasteiger partial charge in [0.05, 0.1) is 18.9 Å². The van der Waals surface area contributed by atoms with Gasteiger partial charge in [-0.25, -0.2) is 5.06 Å². The highest BCUT2D eigenvalue weighted by atomic mass is 16.7. The fraction of sp³-hybridized carbons (Fsp3) is 0.360. The van der Waals surface area contributed by atoms with Crippen molar-refractivity contribution in [2.75, 3.05) is 18.3 Å². The highest BCUT2D eigenvalue weighted by Gasteiger charge is 2.61. The molecule has 1 saturated heterocycles. The number of ether oxygens (including phenoxy) is 2. The fourth-order valence-electron chi connectivity index (χ4n) is 3.95. The standard InChI is InChI=1S/C25H29NO5/c1-5-21-17-25(23(27)29-6-2,24(28)30-7-3)22(19-11-9-8-10-12-19)26(31-21)20-15-13-18(4)14-16-20/h5,8-16,21-22H,1,6-7,17H2,2-4H3/t21-,22+/m0/s1. The fourth-order valence-corrected chi connectivity index (χ4v) is 3.95. The van der Waals surface area contributed by atoms with Crippen LogP contribution in [0.5, 0.6) is 0 Å². The second-order valence-corrected chi connectivity index (χ2v) is 7.47. The van der Waals surface area contributed by atoms with Gasteiger partial charge in [0.25, 0.3) is 0 Å². The van der Waals surface area contributed by atoms with Crippen LogP contribution in [0.2, 0.25) is 0 Å². The van der Waals surface area contributed by atoms with Crippen LogP contribution in [0.4, 0.5) is 5.69 Å². The number of anilines is 1. The molecule has 2 atom stereocenters. The number of hydrogen-bond acceptors (Lipinski definition) is 6. The normalized spacial score (nSPS) is 20.0. The minimum absolute atomic E-state index is 0.0656. The SMILES string of the molecule is C=C[C@H]1CC(C(=O)OCC)(C(=O)OCC)[C@@H](c2ccccc2)N(c2ccc(C)cc2)O1. The highest BCUT2D eigenvalue weighted by molar-refractivity contribution is 6.02. The molecule has 0 spiro atoms. The molecule has 0 aliphatic carbocycles. The molecule has 31 heavy (non-hydrogen) atoms. The van der Waals surface area contributed by atoms with Gasteiger partial charge in [-0.2, -0.15) is 0 Å². The first-order chi connectivity index (χ1) is 15.0. The summed E-state index contributed by atoms with van der Waals surface area (Å²) in [6.07, 6.45) is 1.07. The number of benzene rings is 2. The van der Waals surface area contributed by atoms with Crippen LogP contribution < -0.4 is 5.06 Å². The van der Waals surface area contributed by atoms with Crippen LogP contribution in [-0.4, -0.2) is 31.3 Å². The Hall–Kier alpha value is -3.12. The number of hydroxylamine groups is 1. The molecule has 0 unspecified atom stereocenters. The summed E-state index contributed by atoms with van der Waals surface area (Å²) in [5.74, 6) is -1.26. The quantitative estimate of drug-likeness (QED) is 0.370. The molecule has 0 radical (unpaired) electrons. The molecule has 2 aromatic carbocycles. The van der Waals surface area contributed by atoms with Crippen LogP contribution >= 0.6 is 0 Å². The van der Waals surface area contributed by atoms with E-state index in [0.29, 0.717) is 5.69 Å². The van der Waals surface area contributed by atoms with Gasteiger partial charge >= 0.3 is 11.9 Å². The molecule has 1 fully saturated rings. The number of aryl methyl sites for hydroxylation is 1. The summed E-state index contributed by atoms with van der Waals surface area (Å²) in [4.78, 5) is 33.2. The van der Waals surface area contributed by atoms with Crippen molar-refractivity contribution in [2.45, 2.75) is 39.3 Å². The van der Waals surface area contributed by atoms with Crippen molar-refractivity contribution in [3.63, 3.8) is 0 Å². The van der Waals surface area contributed by atoms with E-state index in [-0.39, 0.29) is 19.6 Å². The molecule has 1 aliphatic heterocycles. The Morgan fingerprint density at radius 1 is 1.06 bits per heavy atom. The molecule has 3 rings (SSSR count). The van der Waals surface area contributed by atoms with Crippen molar-refractivity contribution in [1.82, 2.24) is 0 Å². The van der Waals surface area contributed by atoms with Crippen LogP contribution in [0.1, 0.15) is 37.4 Å². The third kappa shape index (κ3) is 4.35. The average molecular weight is 424 g/mol. The largest absolute Gasteiger partial charge is 0.465 e. The maximum atomic E-state index is 13.5. The molecule has 2 aromatic rings. The van der Waals surface area contributed by atoms with Gasteiger partial charge in [0.1, 0.15) is 12.1 Å². The van der Waals surface area contributed by atoms with Crippen molar-refractivity contribution in [1.29, 1.82) is 0 Å². The zero-order valence-electron chi connectivity index (χ0n) is 18.2. The van der Waals surface area contributed by atoms with E-state index >= 15 is 0 Å². The molecule has 0 saturated carbocycles. The van der Waals surface area contributed by atoms with E-state index in [1.165, 1.54) is 0 Å². The smallest absolute Gasteiger partial charge is 0.326 e. The maximum Gasteiger partial charge on any atom is 0.326 e. The van der Waals surface area contributed by atoms with E-state index in [4.69, 9.17) is 14.3 Å². The third-order valence-corrected chi connectivity index (χ3v) is 5.42. The minimum atomic E-state index is -1.63. The van der Waals surface area contributed by atoms with Crippen LogP contribution in [0.3, 0.4) is 0 Å². The summed E-state index contributed by atoms with van der Waals surface area (Å²) in [5.41, 5.74) is 0.907. The van der Waals surface area contributed by atoms with Gasteiger partial charge < -0.3 is 9.47 Å². The van der Waals surface area contributed by atoms with Crippen molar-refractivity contribution in [2.24, 2.45) is 5.41 Å². The van der Waals surface area contributed by atoms with Gasteiger partial charge in [0.15, 0.2) is 5.41 Å². The lowest BCUT2D eigenvalue weighted by Gasteiger charge is -2.48. The van der Waals surface area contributed by atoms with Crippen LogP contribution in [0, 0.1) is 12.3 Å². The van der Waals surface area contributed by atoms with Gasteiger partial charge in [-0.15, -0.1) is 6.58 Å². The number of esters is 2. The molecule has 0 N–H and O–H groups in total. The first kappa shape index (κ1) is 22.6. The molecule has 1 heterocycles. The van der Waals surface area contributed by atoms with Crippen molar-refractivity contribution in [3.05, 3.63) is 78.4 Å². The summed E-state index contributed by atoms with van der Waals surface area (Å²) in [7, 11) is 0. The van der Waals surface area contributed by atoms with Crippen LogP contribution in [0.25, 0.3) is 0 Å². The zero-order valence-corrected chi connectivity index (χ0v) is 18.2. The molecule has 0 amide bonds. The predicted octanol–water partition coefficient (Wildman–Crippen LogP) is 4.55. The molecule has 164 valence electrons. The lowest BCUT2D eigenvalue weighted by molar-refractivity contribution is -0.186. The van der Waals surface area contributed by atoms with E-state index in [1.54, 1.807) is 25.0 Å². The van der Waals surface area contributed by atoms with E-state index in [0.717, 1.165) is 11.1 Å². The second kappa shape index (κ2) is 9.79.